The molecule has 146 valence electrons. The minimum absolute atomic E-state index is 0.102. The molecule has 0 spiro atoms. The van der Waals surface area contributed by atoms with Gasteiger partial charge in [0.25, 0.3) is 15.9 Å². The van der Waals surface area contributed by atoms with Crippen LogP contribution in [0, 0.1) is 0 Å². The molecule has 27 heavy (non-hydrogen) atoms. The van der Waals surface area contributed by atoms with Gasteiger partial charge in [-0.2, -0.15) is 0 Å². The molecule has 0 aliphatic rings. The lowest BCUT2D eigenvalue weighted by molar-refractivity contribution is -0.123. The molecule has 0 heterocycles. The predicted molar refractivity (Wildman–Crippen MR) is 109 cm³/mol. The van der Waals surface area contributed by atoms with Gasteiger partial charge in [-0.05, 0) is 55.0 Å². The molecule has 0 unspecified atom stereocenters. The molecule has 0 aliphatic carbocycles. The van der Waals surface area contributed by atoms with Crippen molar-refractivity contribution in [3.63, 3.8) is 0 Å². The minimum atomic E-state index is -3.69. The van der Waals surface area contributed by atoms with E-state index in [-0.39, 0.29) is 17.4 Å². The van der Waals surface area contributed by atoms with Gasteiger partial charge in [-0.1, -0.05) is 35.7 Å². The number of sulfonamides is 1. The van der Waals surface area contributed by atoms with E-state index in [1.165, 1.54) is 24.3 Å². The van der Waals surface area contributed by atoms with Crippen molar-refractivity contribution < 1.29 is 17.9 Å². The van der Waals surface area contributed by atoms with Gasteiger partial charge in [0, 0.05) is 16.7 Å². The second kappa shape index (κ2) is 10.3. The van der Waals surface area contributed by atoms with E-state index < -0.39 is 10.0 Å². The largest absolute Gasteiger partial charge is 0.484 e. The van der Waals surface area contributed by atoms with Gasteiger partial charge in [-0.25, -0.2) is 8.42 Å². The number of hydrogen-bond donors (Lipinski definition) is 2. The highest BCUT2D eigenvalue weighted by molar-refractivity contribution is 9.10. The molecule has 2 aromatic carbocycles. The van der Waals surface area contributed by atoms with Crippen molar-refractivity contribution in [2.45, 2.75) is 31.1 Å². The van der Waals surface area contributed by atoms with Crippen molar-refractivity contribution in [1.29, 1.82) is 0 Å². The number of halogens is 1. The average molecular weight is 455 g/mol. The van der Waals surface area contributed by atoms with Gasteiger partial charge in [-0.3, -0.25) is 9.52 Å². The molecule has 0 fully saturated rings. The van der Waals surface area contributed by atoms with Crippen molar-refractivity contribution in [2.75, 3.05) is 17.9 Å². The molecular weight excluding hydrogens is 432 g/mol. The van der Waals surface area contributed by atoms with Gasteiger partial charge in [0.05, 0.1) is 4.90 Å². The number of amides is 1. The standard InChI is InChI=1S/C19H23BrN2O4S/c1-2-3-4-13-21-19(23)14-26-17-9-11-18(12-10-17)27(24,25)22-16-7-5-15(20)6-8-16/h5-12,22H,2-4,13-14H2,1H3,(H,21,23). The van der Waals surface area contributed by atoms with Crippen molar-refractivity contribution in [3.8, 4) is 5.75 Å². The van der Waals surface area contributed by atoms with E-state index >= 15 is 0 Å². The Balaban J connectivity index is 1.88. The van der Waals surface area contributed by atoms with Crippen LogP contribution in [-0.2, 0) is 14.8 Å². The number of carbonyl (C=O) groups excluding carboxylic acids is 1. The van der Waals surface area contributed by atoms with E-state index in [2.05, 4.69) is 32.9 Å². The summed E-state index contributed by atoms with van der Waals surface area (Å²) in [7, 11) is -3.69. The molecule has 2 N–H and O–H groups in total. The number of ether oxygens (including phenoxy) is 1. The number of hydrogen-bond acceptors (Lipinski definition) is 4. The Morgan fingerprint density at radius 2 is 1.70 bits per heavy atom. The summed E-state index contributed by atoms with van der Waals surface area (Å²) in [5.41, 5.74) is 0.471. The first kappa shape index (κ1) is 21.2. The maximum atomic E-state index is 12.4. The number of anilines is 1. The molecule has 1 amide bonds. The lowest BCUT2D eigenvalue weighted by Gasteiger charge is -2.10. The van der Waals surface area contributed by atoms with Gasteiger partial charge in [0.15, 0.2) is 6.61 Å². The summed E-state index contributed by atoms with van der Waals surface area (Å²) >= 11 is 3.30. The van der Waals surface area contributed by atoms with E-state index in [4.69, 9.17) is 4.74 Å². The third-order valence-corrected chi connectivity index (χ3v) is 5.63. The van der Waals surface area contributed by atoms with Gasteiger partial charge in [0.2, 0.25) is 0 Å². The normalized spacial score (nSPS) is 11.0. The highest BCUT2D eigenvalue weighted by atomic mass is 79.9. The molecule has 0 atom stereocenters. The summed E-state index contributed by atoms with van der Waals surface area (Å²) in [6, 6.07) is 12.8. The first-order chi connectivity index (χ1) is 12.9. The van der Waals surface area contributed by atoms with Crippen LogP contribution in [0.4, 0.5) is 5.69 Å². The van der Waals surface area contributed by atoms with E-state index in [1.54, 1.807) is 24.3 Å². The van der Waals surface area contributed by atoms with E-state index in [9.17, 15) is 13.2 Å². The van der Waals surface area contributed by atoms with Crippen LogP contribution in [0.15, 0.2) is 57.9 Å². The second-order valence-corrected chi connectivity index (χ2v) is 8.53. The van der Waals surface area contributed by atoms with Crippen molar-refractivity contribution in [3.05, 3.63) is 53.0 Å². The van der Waals surface area contributed by atoms with Gasteiger partial charge in [0.1, 0.15) is 5.75 Å². The Kier molecular flexibility index (Phi) is 8.12. The molecule has 2 rings (SSSR count). The van der Waals surface area contributed by atoms with Crippen molar-refractivity contribution in [1.82, 2.24) is 5.32 Å². The van der Waals surface area contributed by atoms with Gasteiger partial charge in [-0.15, -0.1) is 0 Å². The number of unbranched alkanes of at least 4 members (excludes halogenated alkanes) is 2. The lowest BCUT2D eigenvalue weighted by atomic mass is 10.2. The van der Waals surface area contributed by atoms with Crippen molar-refractivity contribution in [2.24, 2.45) is 0 Å². The van der Waals surface area contributed by atoms with E-state index in [1.807, 2.05) is 0 Å². The fraction of sp³-hybridized carbons (Fsp3) is 0.316. The molecule has 0 aromatic heterocycles. The van der Waals surface area contributed by atoms with Gasteiger partial charge < -0.3 is 10.1 Å². The fourth-order valence-corrected chi connectivity index (χ4v) is 3.57. The topological polar surface area (TPSA) is 84.5 Å². The SMILES string of the molecule is CCCCCNC(=O)COc1ccc(S(=O)(=O)Nc2ccc(Br)cc2)cc1. The third kappa shape index (κ3) is 7.22. The maximum Gasteiger partial charge on any atom is 0.261 e. The first-order valence-electron chi connectivity index (χ1n) is 8.68. The Labute approximate surface area is 168 Å². The molecule has 0 saturated heterocycles. The highest BCUT2D eigenvalue weighted by Crippen LogP contribution is 2.20. The summed E-state index contributed by atoms with van der Waals surface area (Å²) in [5.74, 6) is 0.237. The monoisotopic (exact) mass is 454 g/mol. The van der Waals surface area contributed by atoms with Crippen LogP contribution in [0.2, 0.25) is 0 Å². The van der Waals surface area contributed by atoms with E-state index in [0.29, 0.717) is 18.0 Å². The molecule has 8 heteroatoms. The van der Waals surface area contributed by atoms with Crippen LogP contribution < -0.4 is 14.8 Å². The summed E-state index contributed by atoms with van der Waals surface area (Å²) < 4.78 is 33.6. The molecule has 6 nitrogen and oxygen atoms in total. The molecule has 0 radical (unpaired) electrons. The van der Waals surface area contributed by atoms with Crippen LogP contribution in [0.3, 0.4) is 0 Å². The van der Waals surface area contributed by atoms with Crippen LogP contribution >= 0.6 is 15.9 Å². The van der Waals surface area contributed by atoms with Crippen LogP contribution in [0.5, 0.6) is 5.75 Å². The Morgan fingerprint density at radius 3 is 2.33 bits per heavy atom. The third-order valence-electron chi connectivity index (χ3n) is 3.70. The fourth-order valence-electron chi connectivity index (χ4n) is 2.25. The Morgan fingerprint density at radius 1 is 1.04 bits per heavy atom. The number of nitrogens with one attached hydrogen (secondary N) is 2. The average Bonchev–Trinajstić information content (AvgIpc) is 2.65. The summed E-state index contributed by atoms with van der Waals surface area (Å²) in [5, 5.41) is 2.78. The molecule has 0 bridgehead atoms. The molecule has 2 aromatic rings. The number of benzene rings is 2. The van der Waals surface area contributed by atoms with Crippen LogP contribution in [0.1, 0.15) is 26.2 Å². The number of rotatable bonds is 10. The second-order valence-electron chi connectivity index (χ2n) is 5.93. The Hall–Kier alpha value is -2.06. The van der Waals surface area contributed by atoms with Crippen LogP contribution in [0.25, 0.3) is 0 Å². The molecular formula is C19H23BrN2O4S. The van der Waals surface area contributed by atoms with E-state index in [0.717, 1.165) is 23.7 Å². The molecule has 0 aliphatic heterocycles. The first-order valence-corrected chi connectivity index (χ1v) is 11.0. The van der Waals surface area contributed by atoms with Gasteiger partial charge >= 0.3 is 0 Å². The zero-order valence-corrected chi connectivity index (χ0v) is 17.5. The summed E-state index contributed by atoms with van der Waals surface area (Å²) in [6.07, 6.45) is 3.11. The predicted octanol–water partition coefficient (Wildman–Crippen LogP) is 3.94. The van der Waals surface area contributed by atoms with Crippen molar-refractivity contribution >= 4 is 37.5 Å². The zero-order chi connectivity index (χ0) is 19.7. The zero-order valence-electron chi connectivity index (χ0n) is 15.1. The maximum absolute atomic E-state index is 12.4. The Bertz CT molecular complexity index is 837. The smallest absolute Gasteiger partial charge is 0.261 e. The number of carbonyl (C=O) groups is 1. The van der Waals surface area contributed by atoms with Crippen LogP contribution in [-0.4, -0.2) is 27.5 Å². The molecule has 0 saturated carbocycles. The minimum Gasteiger partial charge on any atom is -0.484 e. The summed E-state index contributed by atoms with van der Waals surface area (Å²) in [4.78, 5) is 11.8. The lowest BCUT2D eigenvalue weighted by Crippen LogP contribution is -2.29. The quantitative estimate of drug-likeness (QED) is 0.532. The summed E-state index contributed by atoms with van der Waals surface area (Å²) in [6.45, 7) is 2.63. The highest BCUT2D eigenvalue weighted by Gasteiger charge is 2.14.